The van der Waals surface area contributed by atoms with Gasteiger partial charge in [0.15, 0.2) is 17.5 Å². The molecule has 2 aromatic rings. The lowest BCUT2D eigenvalue weighted by Gasteiger charge is -2.19. The van der Waals surface area contributed by atoms with Crippen molar-refractivity contribution in [1.29, 1.82) is 0 Å². The number of ether oxygens (including phenoxy) is 1. The van der Waals surface area contributed by atoms with Gasteiger partial charge in [0.25, 0.3) is 0 Å². The van der Waals surface area contributed by atoms with Crippen molar-refractivity contribution in [2.45, 2.75) is 26.3 Å². The highest BCUT2D eigenvalue weighted by Crippen LogP contribution is 2.21. The van der Waals surface area contributed by atoms with Crippen LogP contribution in [0.15, 0.2) is 41.7 Å². The van der Waals surface area contributed by atoms with Gasteiger partial charge in [-0.3, -0.25) is 9.98 Å². The predicted molar refractivity (Wildman–Crippen MR) is 114 cm³/mol. The molecule has 0 spiro atoms. The summed E-state index contributed by atoms with van der Waals surface area (Å²) in [5.74, 6) is 0.548. The number of halogens is 2. The molecule has 0 aliphatic rings. The summed E-state index contributed by atoms with van der Waals surface area (Å²) in [6.07, 6.45) is 4.54. The average Bonchev–Trinajstić information content (AvgIpc) is 2.62. The number of hydrogen-bond acceptors (Lipinski definition) is 3. The van der Waals surface area contributed by atoms with Crippen molar-refractivity contribution in [2.24, 2.45) is 4.99 Å². The lowest BCUT2D eigenvalue weighted by atomic mass is 10.1. The summed E-state index contributed by atoms with van der Waals surface area (Å²) < 4.78 is 18.8. The Bertz CT molecular complexity index is 739. The third-order valence-electron chi connectivity index (χ3n) is 4.08. The largest absolute Gasteiger partial charge is 0.494 e. The van der Waals surface area contributed by atoms with Gasteiger partial charge >= 0.3 is 0 Å². The lowest BCUT2D eigenvalue weighted by Crippen LogP contribution is -2.39. The molecule has 0 saturated heterocycles. The molecular weight excluding hydrogens is 446 g/mol. The van der Waals surface area contributed by atoms with Crippen LogP contribution in [0.4, 0.5) is 4.39 Å². The number of guanidine groups is 1. The van der Waals surface area contributed by atoms with Crippen LogP contribution in [0.25, 0.3) is 0 Å². The zero-order valence-corrected chi connectivity index (χ0v) is 17.9. The molecule has 0 radical (unpaired) electrons. The summed E-state index contributed by atoms with van der Waals surface area (Å²) in [5.41, 5.74) is 3.25. The Morgan fingerprint density at radius 3 is 2.73 bits per heavy atom. The van der Waals surface area contributed by atoms with Crippen LogP contribution < -0.4 is 15.4 Å². The molecule has 0 saturated carbocycles. The highest BCUT2D eigenvalue weighted by molar-refractivity contribution is 14.0. The molecule has 0 amide bonds. The molecule has 7 heteroatoms. The minimum atomic E-state index is -0.371. The van der Waals surface area contributed by atoms with E-state index in [0.29, 0.717) is 5.96 Å². The SMILES string of the molecule is CN=C(NCCc1ccncc1C)NC(C)c1ccc(OC)c(F)c1.I. The monoisotopic (exact) mass is 472 g/mol. The van der Waals surface area contributed by atoms with E-state index in [9.17, 15) is 4.39 Å². The van der Waals surface area contributed by atoms with Gasteiger partial charge in [-0.05, 0) is 55.2 Å². The smallest absolute Gasteiger partial charge is 0.191 e. The molecule has 1 atom stereocenters. The third kappa shape index (κ3) is 6.12. The van der Waals surface area contributed by atoms with Gasteiger partial charge in [0.1, 0.15) is 0 Å². The minimum Gasteiger partial charge on any atom is -0.494 e. The van der Waals surface area contributed by atoms with Crippen LogP contribution in [0, 0.1) is 12.7 Å². The Kier molecular flexibility index (Phi) is 9.32. The van der Waals surface area contributed by atoms with E-state index in [1.165, 1.54) is 24.3 Å². The number of methoxy groups -OCH3 is 1. The van der Waals surface area contributed by atoms with Gasteiger partial charge in [-0.2, -0.15) is 0 Å². The summed E-state index contributed by atoms with van der Waals surface area (Å²) in [7, 11) is 3.17. The molecule has 142 valence electrons. The Hall–Kier alpha value is -1.90. The molecule has 0 bridgehead atoms. The highest BCUT2D eigenvalue weighted by atomic mass is 127. The molecule has 1 heterocycles. The summed E-state index contributed by atoms with van der Waals surface area (Å²) in [6.45, 7) is 4.76. The highest BCUT2D eigenvalue weighted by Gasteiger charge is 2.11. The number of nitrogens with one attached hydrogen (secondary N) is 2. The summed E-state index contributed by atoms with van der Waals surface area (Å²) in [6, 6.07) is 6.88. The van der Waals surface area contributed by atoms with Crippen LogP contribution >= 0.6 is 24.0 Å². The molecule has 0 fully saturated rings. The fraction of sp³-hybridized carbons (Fsp3) is 0.368. The Morgan fingerprint density at radius 1 is 1.35 bits per heavy atom. The summed E-state index contributed by atoms with van der Waals surface area (Å²) >= 11 is 0. The van der Waals surface area contributed by atoms with Crippen LogP contribution in [0.1, 0.15) is 29.7 Å². The first-order valence-electron chi connectivity index (χ1n) is 8.25. The molecule has 2 rings (SSSR count). The zero-order valence-electron chi connectivity index (χ0n) is 15.5. The molecule has 26 heavy (non-hydrogen) atoms. The molecule has 1 aromatic heterocycles. The van der Waals surface area contributed by atoms with Crippen LogP contribution in [0.2, 0.25) is 0 Å². The van der Waals surface area contributed by atoms with Crippen LogP contribution in [-0.2, 0) is 6.42 Å². The first-order chi connectivity index (χ1) is 12.0. The maximum Gasteiger partial charge on any atom is 0.191 e. The molecule has 1 aromatic carbocycles. The topological polar surface area (TPSA) is 58.5 Å². The van der Waals surface area contributed by atoms with E-state index in [2.05, 4.69) is 27.5 Å². The number of pyridine rings is 1. The van der Waals surface area contributed by atoms with E-state index in [1.54, 1.807) is 19.3 Å². The first kappa shape index (κ1) is 22.1. The van der Waals surface area contributed by atoms with Gasteiger partial charge in [0.05, 0.1) is 13.2 Å². The average molecular weight is 472 g/mol. The summed E-state index contributed by atoms with van der Waals surface area (Å²) in [5, 5.41) is 6.55. The van der Waals surface area contributed by atoms with Crippen molar-refractivity contribution >= 4 is 29.9 Å². The molecule has 5 nitrogen and oxygen atoms in total. The number of aliphatic imine (C=N–C) groups is 1. The van der Waals surface area contributed by atoms with E-state index in [0.717, 1.165) is 18.5 Å². The van der Waals surface area contributed by atoms with Crippen molar-refractivity contribution in [3.63, 3.8) is 0 Å². The van der Waals surface area contributed by atoms with Crippen molar-refractivity contribution in [2.75, 3.05) is 20.7 Å². The Labute approximate surface area is 171 Å². The molecule has 0 aliphatic carbocycles. The maximum absolute atomic E-state index is 13.9. The van der Waals surface area contributed by atoms with Gasteiger partial charge in [-0.1, -0.05) is 6.07 Å². The number of hydrogen-bond donors (Lipinski definition) is 2. The van der Waals surface area contributed by atoms with E-state index in [-0.39, 0.29) is 41.6 Å². The number of benzene rings is 1. The minimum absolute atomic E-state index is 0. The van der Waals surface area contributed by atoms with E-state index >= 15 is 0 Å². The fourth-order valence-electron chi connectivity index (χ4n) is 2.53. The second kappa shape index (κ2) is 10.9. The van der Waals surface area contributed by atoms with Crippen LogP contribution in [-0.4, -0.2) is 31.6 Å². The second-order valence-electron chi connectivity index (χ2n) is 5.81. The normalized spacial score (nSPS) is 12.1. The first-order valence-corrected chi connectivity index (χ1v) is 8.25. The number of aromatic nitrogens is 1. The maximum atomic E-state index is 13.9. The molecule has 0 aliphatic heterocycles. The van der Waals surface area contributed by atoms with Gasteiger partial charge in [-0.25, -0.2) is 4.39 Å². The number of rotatable bonds is 6. The Morgan fingerprint density at radius 2 is 2.12 bits per heavy atom. The van der Waals surface area contributed by atoms with E-state index < -0.39 is 0 Å². The van der Waals surface area contributed by atoms with Crippen molar-refractivity contribution in [3.8, 4) is 5.75 Å². The zero-order chi connectivity index (χ0) is 18.2. The standard InChI is InChI=1S/C19H25FN4O.HI/c1-13-12-22-9-7-15(13)8-10-23-19(21-3)24-14(2)16-5-6-18(25-4)17(20)11-16;/h5-7,9,11-12,14H,8,10H2,1-4H3,(H2,21,23,24);1H. The Balaban J connectivity index is 0.00000338. The van der Waals surface area contributed by atoms with Crippen molar-refractivity contribution < 1.29 is 9.13 Å². The molecule has 1 unspecified atom stereocenters. The van der Waals surface area contributed by atoms with E-state index in [1.807, 2.05) is 25.3 Å². The third-order valence-corrected chi connectivity index (χ3v) is 4.08. The van der Waals surface area contributed by atoms with E-state index in [4.69, 9.17) is 4.74 Å². The number of aryl methyl sites for hydroxylation is 1. The van der Waals surface area contributed by atoms with Gasteiger partial charge < -0.3 is 15.4 Å². The van der Waals surface area contributed by atoms with Crippen molar-refractivity contribution in [3.05, 3.63) is 59.2 Å². The quantitative estimate of drug-likeness (QED) is 0.383. The van der Waals surface area contributed by atoms with Gasteiger partial charge in [-0.15, -0.1) is 24.0 Å². The van der Waals surface area contributed by atoms with Crippen LogP contribution in [0.5, 0.6) is 5.75 Å². The predicted octanol–water partition coefficient (Wildman–Crippen LogP) is 3.62. The van der Waals surface area contributed by atoms with Crippen molar-refractivity contribution in [1.82, 2.24) is 15.6 Å². The molecular formula is C19H26FIN4O. The lowest BCUT2D eigenvalue weighted by molar-refractivity contribution is 0.386. The van der Waals surface area contributed by atoms with Gasteiger partial charge in [0, 0.05) is 26.0 Å². The fourth-order valence-corrected chi connectivity index (χ4v) is 2.53. The van der Waals surface area contributed by atoms with Crippen LogP contribution in [0.3, 0.4) is 0 Å². The van der Waals surface area contributed by atoms with Gasteiger partial charge in [0.2, 0.25) is 0 Å². The second-order valence-corrected chi connectivity index (χ2v) is 5.81. The summed E-state index contributed by atoms with van der Waals surface area (Å²) in [4.78, 5) is 8.33. The molecule has 2 N–H and O–H groups in total. The number of nitrogens with zero attached hydrogens (tertiary/aromatic N) is 2.